The Hall–Kier alpha value is -4.48. The molecule has 214 valence electrons. The van der Waals surface area contributed by atoms with Crippen LogP contribution in [0.15, 0.2) is 89.8 Å². The van der Waals surface area contributed by atoms with Crippen molar-refractivity contribution in [1.82, 2.24) is 0 Å². The standard InChI is InChI=1S/C29H26ClFN2O7S/c1-37-25-10-6-7-11-27(25)40-24-14-12-19(30)16-22(24)32-29(34)18-33(23-9-5-4-8-21(23)31)41(35,36)20-13-15-26(38-2)28(17-20)39-3/h4-17H,18H2,1-3H3,(H,32,34). The molecule has 0 saturated carbocycles. The van der Waals surface area contributed by atoms with Crippen molar-refractivity contribution in [2.45, 2.75) is 4.90 Å². The zero-order valence-electron chi connectivity index (χ0n) is 22.3. The van der Waals surface area contributed by atoms with E-state index in [2.05, 4.69) is 5.32 Å². The van der Waals surface area contributed by atoms with E-state index >= 15 is 0 Å². The molecule has 41 heavy (non-hydrogen) atoms. The predicted molar refractivity (Wildman–Crippen MR) is 154 cm³/mol. The molecule has 4 aromatic rings. The van der Waals surface area contributed by atoms with Gasteiger partial charge in [0.25, 0.3) is 10.0 Å². The molecule has 9 nitrogen and oxygen atoms in total. The highest BCUT2D eigenvalue weighted by molar-refractivity contribution is 7.92. The van der Waals surface area contributed by atoms with Gasteiger partial charge in [-0.15, -0.1) is 0 Å². The second-order valence-electron chi connectivity index (χ2n) is 8.42. The van der Waals surface area contributed by atoms with Crippen LogP contribution in [-0.2, 0) is 14.8 Å². The lowest BCUT2D eigenvalue weighted by Gasteiger charge is -2.25. The summed E-state index contributed by atoms with van der Waals surface area (Å²) in [5, 5.41) is 2.92. The summed E-state index contributed by atoms with van der Waals surface area (Å²) >= 11 is 6.18. The van der Waals surface area contributed by atoms with Crippen molar-refractivity contribution in [3.63, 3.8) is 0 Å². The Morgan fingerprint density at radius 3 is 2.10 bits per heavy atom. The molecule has 0 aliphatic carbocycles. The van der Waals surface area contributed by atoms with E-state index in [0.717, 1.165) is 6.07 Å². The van der Waals surface area contributed by atoms with Crippen molar-refractivity contribution in [3.8, 4) is 28.7 Å². The number of nitrogens with zero attached hydrogens (tertiary/aromatic N) is 1. The maximum atomic E-state index is 14.9. The first kappa shape index (κ1) is 29.5. The Kier molecular flexibility index (Phi) is 9.21. The van der Waals surface area contributed by atoms with Gasteiger partial charge in [0.05, 0.1) is 37.6 Å². The highest BCUT2D eigenvalue weighted by atomic mass is 35.5. The summed E-state index contributed by atoms with van der Waals surface area (Å²) in [7, 11) is -0.226. The van der Waals surface area contributed by atoms with Crippen LogP contribution in [0.5, 0.6) is 28.7 Å². The van der Waals surface area contributed by atoms with Gasteiger partial charge >= 0.3 is 0 Å². The molecule has 0 spiro atoms. The molecule has 0 heterocycles. The van der Waals surface area contributed by atoms with E-state index in [1.165, 1.54) is 63.8 Å². The molecule has 0 bridgehead atoms. The minimum Gasteiger partial charge on any atom is -0.493 e. The molecule has 0 unspecified atom stereocenters. The summed E-state index contributed by atoms with van der Waals surface area (Å²) in [6.07, 6.45) is 0. The average molecular weight is 601 g/mol. The number of ether oxygens (including phenoxy) is 4. The summed E-state index contributed by atoms with van der Waals surface area (Å²) in [6, 6.07) is 20.6. The number of methoxy groups -OCH3 is 3. The second kappa shape index (κ2) is 12.8. The number of benzene rings is 4. The Morgan fingerprint density at radius 1 is 0.805 bits per heavy atom. The van der Waals surface area contributed by atoms with Crippen LogP contribution in [0, 0.1) is 5.82 Å². The first-order valence-corrected chi connectivity index (χ1v) is 13.9. The van der Waals surface area contributed by atoms with E-state index in [1.54, 1.807) is 36.4 Å². The van der Waals surface area contributed by atoms with E-state index in [-0.39, 0.29) is 32.8 Å². The van der Waals surface area contributed by atoms with Gasteiger partial charge < -0.3 is 24.3 Å². The van der Waals surface area contributed by atoms with Gasteiger partial charge in [0.2, 0.25) is 5.91 Å². The Bertz CT molecular complexity index is 1670. The van der Waals surface area contributed by atoms with E-state index in [1.807, 2.05) is 0 Å². The van der Waals surface area contributed by atoms with E-state index < -0.39 is 28.3 Å². The van der Waals surface area contributed by atoms with Crippen LogP contribution in [0.25, 0.3) is 0 Å². The molecule has 4 rings (SSSR count). The van der Waals surface area contributed by atoms with Crippen LogP contribution in [0.1, 0.15) is 0 Å². The van der Waals surface area contributed by atoms with Gasteiger partial charge in [-0.25, -0.2) is 12.8 Å². The number of nitrogens with one attached hydrogen (secondary N) is 1. The average Bonchev–Trinajstić information content (AvgIpc) is 2.97. The molecule has 0 saturated heterocycles. The van der Waals surface area contributed by atoms with Gasteiger partial charge in [-0.1, -0.05) is 35.9 Å². The van der Waals surface area contributed by atoms with Crippen molar-refractivity contribution in [2.24, 2.45) is 0 Å². The van der Waals surface area contributed by atoms with Gasteiger partial charge in [0, 0.05) is 11.1 Å². The summed E-state index contributed by atoms with van der Waals surface area (Å²) in [5.74, 6) is -0.152. The number of carbonyl (C=O) groups excluding carboxylic acids is 1. The van der Waals surface area contributed by atoms with Gasteiger partial charge in [-0.05, 0) is 54.6 Å². The SMILES string of the molecule is COc1ccc(S(=O)(=O)N(CC(=O)Nc2cc(Cl)ccc2Oc2ccccc2OC)c2ccccc2F)cc1OC. The third kappa shape index (κ3) is 6.64. The van der Waals surface area contributed by atoms with Crippen molar-refractivity contribution < 1.29 is 36.6 Å². The number of rotatable bonds is 11. The molecule has 0 radical (unpaired) electrons. The smallest absolute Gasteiger partial charge is 0.265 e. The number of sulfonamides is 1. The molecule has 1 N–H and O–H groups in total. The molecule has 0 aromatic heterocycles. The monoisotopic (exact) mass is 600 g/mol. The summed E-state index contributed by atoms with van der Waals surface area (Å²) < 4.78 is 64.9. The number of amides is 1. The minimum absolute atomic E-state index is 0.142. The highest BCUT2D eigenvalue weighted by Crippen LogP contribution is 2.37. The molecular formula is C29H26ClFN2O7S. The normalized spacial score (nSPS) is 11.0. The molecule has 0 fully saturated rings. The Labute approximate surface area is 242 Å². The van der Waals surface area contributed by atoms with Crippen LogP contribution >= 0.6 is 11.6 Å². The third-order valence-electron chi connectivity index (χ3n) is 5.86. The Morgan fingerprint density at radius 2 is 1.41 bits per heavy atom. The lowest BCUT2D eigenvalue weighted by Crippen LogP contribution is -2.38. The van der Waals surface area contributed by atoms with Gasteiger partial charge in [-0.3, -0.25) is 9.10 Å². The van der Waals surface area contributed by atoms with Gasteiger partial charge in [-0.2, -0.15) is 0 Å². The van der Waals surface area contributed by atoms with Crippen molar-refractivity contribution in [2.75, 3.05) is 37.5 Å². The number of hydrogen-bond donors (Lipinski definition) is 1. The first-order valence-electron chi connectivity index (χ1n) is 12.1. The third-order valence-corrected chi connectivity index (χ3v) is 7.85. The fraction of sp³-hybridized carbons (Fsp3) is 0.138. The number of hydrogen-bond acceptors (Lipinski definition) is 7. The zero-order chi connectivity index (χ0) is 29.6. The van der Waals surface area contributed by atoms with E-state index in [9.17, 15) is 17.6 Å². The number of anilines is 2. The highest BCUT2D eigenvalue weighted by Gasteiger charge is 2.30. The lowest BCUT2D eigenvalue weighted by atomic mass is 10.2. The maximum absolute atomic E-state index is 14.9. The van der Waals surface area contributed by atoms with Crippen molar-refractivity contribution in [1.29, 1.82) is 0 Å². The van der Waals surface area contributed by atoms with Crippen molar-refractivity contribution in [3.05, 3.63) is 95.8 Å². The van der Waals surface area contributed by atoms with Crippen LogP contribution in [0.2, 0.25) is 5.02 Å². The summed E-state index contributed by atoms with van der Waals surface area (Å²) in [6.45, 7) is -0.780. The molecule has 0 atom stereocenters. The second-order valence-corrected chi connectivity index (χ2v) is 10.7. The molecule has 12 heteroatoms. The maximum Gasteiger partial charge on any atom is 0.265 e. The first-order chi connectivity index (χ1) is 19.7. The molecular weight excluding hydrogens is 575 g/mol. The minimum atomic E-state index is -4.47. The number of para-hydroxylation sites is 3. The zero-order valence-corrected chi connectivity index (χ0v) is 23.8. The van der Waals surface area contributed by atoms with Gasteiger partial charge in [0.1, 0.15) is 12.4 Å². The molecule has 4 aromatic carbocycles. The van der Waals surface area contributed by atoms with Crippen LogP contribution < -0.4 is 28.6 Å². The fourth-order valence-corrected chi connectivity index (χ4v) is 5.51. The fourth-order valence-electron chi connectivity index (χ4n) is 3.89. The summed E-state index contributed by atoms with van der Waals surface area (Å²) in [5.41, 5.74) is -0.167. The predicted octanol–water partition coefficient (Wildman–Crippen LogP) is 6.13. The Balaban J connectivity index is 1.69. The molecule has 0 aliphatic rings. The quantitative estimate of drug-likeness (QED) is 0.221. The molecule has 1 amide bonds. The van der Waals surface area contributed by atoms with Crippen molar-refractivity contribution >= 4 is 38.9 Å². The van der Waals surface area contributed by atoms with Gasteiger partial charge in [0.15, 0.2) is 28.7 Å². The van der Waals surface area contributed by atoms with E-state index in [0.29, 0.717) is 21.6 Å². The largest absolute Gasteiger partial charge is 0.493 e. The topological polar surface area (TPSA) is 103 Å². The number of carbonyl (C=O) groups is 1. The van der Waals surface area contributed by atoms with Crippen LogP contribution in [0.3, 0.4) is 0 Å². The lowest BCUT2D eigenvalue weighted by molar-refractivity contribution is -0.114. The van der Waals surface area contributed by atoms with Crippen LogP contribution in [-0.4, -0.2) is 42.2 Å². The van der Waals surface area contributed by atoms with E-state index in [4.69, 9.17) is 30.5 Å². The molecule has 0 aliphatic heterocycles. The summed E-state index contributed by atoms with van der Waals surface area (Å²) in [4.78, 5) is 13.1. The number of halogens is 2. The van der Waals surface area contributed by atoms with Crippen LogP contribution in [0.4, 0.5) is 15.8 Å².